The monoisotopic (exact) mass is 960 g/mol. The lowest BCUT2D eigenvalue weighted by Crippen LogP contribution is -2.46. The fourth-order valence-electron chi connectivity index (χ4n) is 5.33. The van der Waals surface area contributed by atoms with E-state index < -0.39 is 90.6 Å². The van der Waals surface area contributed by atoms with E-state index in [4.69, 9.17) is 25.3 Å². The van der Waals surface area contributed by atoms with Crippen molar-refractivity contribution in [3.63, 3.8) is 0 Å². The van der Waals surface area contributed by atoms with E-state index in [1.165, 1.54) is 25.6 Å². The van der Waals surface area contributed by atoms with Crippen molar-refractivity contribution in [2.75, 3.05) is 43.5 Å². The molecule has 30 heteroatoms. The van der Waals surface area contributed by atoms with Crippen molar-refractivity contribution < 1.29 is 80.5 Å². The number of carbonyl (C=O) groups excluding carboxylic acids is 3. The van der Waals surface area contributed by atoms with Crippen molar-refractivity contribution in [2.24, 2.45) is 11.1 Å². The molecule has 8 unspecified atom stereocenters. The predicted molar refractivity (Wildman–Crippen MR) is 218 cm³/mol. The molecule has 2 amide bonds. The van der Waals surface area contributed by atoms with Gasteiger partial charge >= 0.3 is 23.5 Å². The average Bonchev–Trinajstić information content (AvgIpc) is 3.74. The van der Waals surface area contributed by atoms with Gasteiger partial charge in [-0.15, -0.1) is 0 Å². The van der Waals surface area contributed by atoms with E-state index in [1.54, 1.807) is 0 Å². The highest BCUT2D eigenvalue weighted by atomic mass is 32.2. The number of amides is 2. The van der Waals surface area contributed by atoms with E-state index in [0.29, 0.717) is 11.5 Å². The summed E-state index contributed by atoms with van der Waals surface area (Å²) in [4.78, 5) is 88.2. The quantitative estimate of drug-likeness (QED) is 0.0415. The Morgan fingerprint density at radius 3 is 2.39 bits per heavy atom. The first-order valence-electron chi connectivity index (χ1n) is 17.9. The van der Waals surface area contributed by atoms with Crippen LogP contribution in [0.3, 0.4) is 0 Å². The normalized spacial score (nSPS) is 21.3. The number of fused-ring (bicyclic) bond motifs is 1. The van der Waals surface area contributed by atoms with Gasteiger partial charge < -0.3 is 56.6 Å². The van der Waals surface area contributed by atoms with Gasteiger partial charge in [0.2, 0.25) is 16.9 Å². The van der Waals surface area contributed by atoms with Gasteiger partial charge in [0.1, 0.15) is 36.3 Å². The van der Waals surface area contributed by atoms with Crippen LogP contribution in [0.25, 0.3) is 11.2 Å². The van der Waals surface area contributed by atoms with Gasteiger partial charge in [0.05, 0.1) is 25.6 Å². The van der Waals surface area contributed by atoms with Crippen LogP contribution in [-0.2, 0) is 56.5 Å². The van der Waals surface area contributed by atoms with Crippen LogP contribution in [-0.4, -0.2) is 135 Å². The van der Waals surface area contributed by atoms with Crippen molar-refractivity contribution in [3.8, 4) is 0 Å². The zero-order valence-corrected chi connectivity index (χ0v) is 36.8. The number of rotatable bonds is 24. The molecule has 8 atom stereocenters. The van der Waals surface area contributed by atoms with Gasteiger partial charge in [0, 0.05) is 42.2 Å². The van der Waals surface area contributed by atoms with E-state index in [-0.39, 0.29) is 47.4 Å². The van der Waals surface area contributed by atoms with E-state index >= 15 is 0 Å². The van der Waals surface area contributed by atoms with Gasteiger partial charge in [-0.05, 0) is 5.56 Å². The summed E-state index contributed by atoms with van der Waals surface area (Å²) in [6.07, 6.45) is -6.99. The number of phosphoric ester groups is 3. The van der Waals surface area contributed by atoms with E-state index in [9.17, 15) is 57.9 Å². The zero-order valence-electron chi connectivity index (χ0n) is 32.4. The standard InChI is InChI=1S/C31H47N8O17P3S2/c1-31(2,25(42)28(43)35-9-8-21(40)34-10-11-61-30(44)19(32)14-60-13-18-6-4-3-5-7-18)15-53-59(50,51)56-58(48,49)52-12-20-24(55-57(45,46)47)23(41)29(54-20)39-17-38-22-26(33)36-16-37-27(22)39/h3-7,16-17,19-20,23-25,29,41-42H,8-15,32H2,1-2H3,(H,34,40)(H,35,43)(H,48,49)(H,50,51)(H2,33,36,37)(H2,45,46,47). The maximum Gasteiger partial charge on any atom is 0.481 e. The summed E-state index contributed by atoms with van der Waals surface area (Å²) in [5.74, 6) is -0.0797. The molecule has 4 rings (SSSR count). The van der Waals surface area contributed by atoms with E-state index in [1.807, 2.05) is 30.3 Å². The predicted octanol–water partition coefficient (Wildman–Crippen LogP) is -0.0746. The maximum absolute atomic E-state index is 12.7. The van der Waals surface area contributed by atoms with Crippen LogP contribution < -0.4 is 22.1 Å². The lowest BCUT2D eigenvalue weighted by molar-refractivity contribution is -0.137. The fourth-order valence-corrected chi connectivity index (χ4v) is 9.92. The molecule has 0 saturated carbocycles. The summed E-state index contributed by atoms with van der Waals surface area (Å²) in [6, 6.07) is 9.05. The first-order valence-corrected chi connectivity index (χ1v) is 24.6. The summed E-state index contributed by atoms with van der Waals surface area (Å²) >= 11 is 2.52. The molecule has 61 heavy (non-hydrogen) atoms. The summed E-state index contributed by atoms with van der Waals surface area (Å²) in [7, 11) is -16.4. The largest absolute Gasteiger partial charge is 0.481 e. The van der Waals surface area contributed by atoms with Crippen LogP contribution in [0.5, 0.6) is 0 Å². The van der Waals surface area contributed by atoms with Crippen molar-refractivity contribution in [1.29, 1.82) is 0 Å². The number of nitrogen functional groups attached to an aromatic ring is 1. The highest BCUT2D eigenvalue weighted by Crippen LogP contribution is 2.61. The molecule has 3 heterocycles. The summed E-state index contributed by atoms with van der Waals surface area (Å²) in [5.41, 5.74) is 11.3. The first-order chi connectivity index (χ1) is 28.5. The Labute approximate surface area is 356 Å². The molecule has 2 aromatic heterocycles. The molecule has 0 bridgehead atoms. The van der Waals surface area contributed by atoms with E-state index in [0.717, 1.165) is 34.5 Å². The third-order valence-electron chi connectivity index (χ3n) is 8.46. The minimum atomic E-state index is -5.58. The van der Waals surface area contributed by atoms with Gasteiger partial charge in [-0.2, -0.15) is 16.1 Å². The Bertz CT molecular complexity index is 2120. The number of nitrogens with one attached hydrogen (secondary N) is 2. The Kier molecular flexibility index (Phi) is 18.4. The van der Waals surface area contributed by atoms with Crippen LogP contribution in [0.4, 0.5) is 5.82 Å². The smallest absolute Gasteiger partial charge is 0.386 e. The maximum atomic E-state index is 12.7. The molecule has 1 saturated heterocycles. The number of thioether (sulfide) groups is 2. The molecule has 25 nitrogen and oxygen atoms in total. The highest BCUT2D eigenvalue weighted by molar-refractivity contribution is 8.13. The summed E-state index contributed by atoms with van der Waals surface area (Å²) < 4.78 is 62.2. The van der Waals surface area contributed by atoms with Crippen LogP contribution in [0.2, 0.25) is 0 Å². The van der Waals surface area contributed by atoms with Crippen molar-refractivity contribution in [2.45, 2.75) is 62.7 Å². The first kappa shape index (κ1) is 50.7. The number of nitrogens with zero attached hydrogens (tertiary/aromatic N) is 4. The van der Waals surface area contributed by atoms with Crippen LogP contribution in [0.1, 0.15) is 32.1 Å². The Morgan fingerprint density at radius 1 is 1.02 bits per heavy atom. The lowest BCUT2D eigenvalue weighted by atomic mass is 9.87. The molecule has 1 aliphatic heterocycles. The molecule has 1 fully saturated rings. The second-order valence-corrected chi connectivity index (χ2v) is 20.2. The molecular formula is C31H47N8O17P3S2. The molecule has 0 aliphatic carbocycles. The summed E-state index contributed by atoms with van der Waals surface area (Å²) in [5, 5.41) is 26.2. The molecular weight excluding hydrogens is 913 g/mol. The topological polar surface area (TPSA) is 390 Å². The average molecular weight is 961 g/mol. The lowest BCUT2D eigenvalue weighted by Gasteiger charge is -2.30. The third-order valence-corrected chi connectivity index (χ3v) is 13.7. The number of aromatic nitrogens is 4. The number of aliphatic hydroxyl groups excluding tert-OH is 2. The second kappa shape index (κ2) is 22.1. The molecule has 0 radical (unpaired) electrons. The fraction of sp³-hybridized carbons (Fsp3) is 0.548. The number of phosphoric acid groups is 3. The number of imidazole rings is 1. The van der Waals surface area contributed by atoms with E-state index in [2.05, 4.69) is 34.4 Å². The molecule has 12 N–H and O–H groups in total. The third kappa shape index (κ3) is 15.7. The Balaban J connectivity index is 1.18. The number of ether oxygens (including phenoxy) is 1. The van der Waals surface area contributed by atoms with Gasteiger partial charge in [-0.1, -0.05) is 55.9 Å². The molecule has 0 spiro atoms. The number of hydrogen-bond donors (Lipinski definition) is 10. The van der Waals surface area contributed by atoms with Gasteiger partial charge in [-0.3, -0.25) is 32.5 Å². The van der Waals surface area contributed by atoms with Crippen LogP contribution in [0.15, 0.2) is 43.0 Å². The number of anilines is 1. The number of aliphatic hydroxyl groups is 2. The highest BCUT2D eigenvalue weighted by Gasteiger charge is 2.50. The second-order valence-electron chi connectivity index (χ2n) is 13.8. The molecule has 340 valence electrons. The molecule has 1 aliphatic rings. The number of carbonyl (C=O) groups is 3. The number of nitrogens with two attached hydrogens (primary N) is 2. The van der Waals surface area contributed by atoms with Crippen molar-refractivity contribution >= 4 is 80.9 Å². The zero-order chi connectivity index (χ0) is 45.2. The van der Waals surface area contributed by atoms with Gasteiger partial charge in [0.15, 0.2) is 17.7 Å². The van der Waals surface area contributed by atoms with Gasteiger partial charge in [-0.25, -0.2) is 28.6 Å². The van der Waals surface area contributed by atoms with Crippen molar-refractivity contribution in [1.82, 2.24) is 30.2 Å². The SMILES string of the molecule is CC(C)(COP(=O)(O)OP(=O)(O)OCC1OC(n2cnc3c(N)ncnc32)C(O)C1OP(=O)(O)O)C(O)C(=O)NCCC(=O)NCCSC(=O)C(N)CSCc1ccccc1. The minimum Gasteiger partial charge on any atom is -0.386 e. The number of benzene rings is 1. The molecule has 3 aromatic rings. The number of hydrogen-bond acceptors (Lipinski definition) is 20. The van der Waals surface area contributed by atoms with Crippen LogP contribution in [0, 0.1) is 5.41 Å². The minimum absolute atomic E-state index is 0.0271. The Morgan fingerprint density at radius 2 is 1.70 bits per heavy atom. The summed E-state index contributed by atoms with van der Waals surface area (Å²) in [6.45, 7) is 0.388. The van der Waals surface area contributed by atoms with Crippen molar-refractivity contribution in [3.05, 3.63) is 48.5 Å². The van der Waals surface area contributed by atoms with Crippen LogP contribution >= 0.6 is 47.0 Å². The Hall–Kier alpha value is -2.91. The molecule has 1 aromatic carbocycles. The van der Waals surface area contributed by atoms with Gasteiger partial charge in [0.25, 0.3) is 0 Å².